The van der Waals surface area contributed by atoms with E-state index in [1.54, 1.807) is 12.1 Å². The highest BCUT2D eigenvalue weighted by molar-refractivity contribution is 6.32. The fourth-order valence-electron chi connectivity index (χ4n) is 3.73. The number of rotatable bonds is 5. The van der Waals surface area contributed by atoms with Crippen LogP contribution < -0.4 is 0 Å². The number of phenolic OH excluding ortho intramolecular Hbond substituents is 1. The molecule has 0 saturated carbocycles. The van der Waals surface area contributed by atoms with Crippen LogP contribution in [0.1, 0.15) is 29.3 Å². The van der Waals surface area contributed by atoms with E-state index in [4.69, 9.17) is 20.6 Å². The first-order chi connectivity index (χ1) is 14.9. The van der Waals surface area contributed by atoms with Crippen molar-refractivity contribution in [2.75, 3.05) is 26.2 Å². The number of amides is 1. The molecule has 1 amide bonds. The van der Waals surface area contributed by atoms with Gasteiger partial charge >= 0.3 is 0 Å². The number of nitrogens with zero attached hydrogens (tertiary/aromatic N) is 5. The van der Waals surface area contributed by atoms with Gasteiger partial charge in [0.25, 0.3) is 5.89 Å². The predicted octanol–water partition coefficient (Wildman–Crippen LogP) is 2.98. The van der Waals surface area contributed by atoms with E-state index in [9.17, 15) is 9.90 Å². The molecule has 3 heterocycles. The molecule has 2 aromatic heterocycles. The summed E-state index contributed by atoms with van der Waals surface area (Å²) in [7, 11) is 0. The molecule has 1 aliphatic heterocycles. The molecule has 1 aromatic carbocycles. The maximum atomic E-state index is 12.7. The number of phenols is 1. The van der Waals surface area contributed by atoms with E-state index >= 15 is 0 Å². The number of carbonyl (C=O) groups excluding carboxylic acids is 1. The van der Waals surface area contributed by atoms with Gasteiger partial charge in [-0.2, -0.15) is 4.98 Å². The lowest BCUT2D eigenvalue weighted by Crippen LogP contribution is -2.36. The van der Waals surface area contributed by atoms with Gasteiger partial charge in [-0.05, 0) is 38.0 Å². The first kappa shape index (κ1) is 21.3. The molecule has 31 heavy (non-hydrogen) atoms. The highest BCUT2D eigenvalue weighted by Crippen LogP contribution is 2.26. The molecule has 4 rings (SSSR count). The van der Waals surface area contributed by atoms with Crippen molar-refractivity contribution in [1.29, 1.82) is 0 Å². The molecule has 1 fully saturated rings. The van der Waals surface area contributed by atoms with Crippen LogP contribution in [-0.2, 0) is 17.8 Å². The molecule has 3 aromatic rings. The van der Waals surface area contributed by atoms with Gasteiger partial charge in [-0.25, -0.2) is 0 Å². The van der Waals surface area contributed by atoms with Crippen molar-refractivity contribution in [3.05, 3.63) is 46.1 Å². The molecule has 1 aliphatic rings. The van der Waals surface area contributed by atoms with Crippen molar-refractivity contribution in [3.63, 3.8) is 0 Å². The third-order valence-corrected chi connectivity index (χ3v) is 5.69. The zero-order valence-electron chi connectivity index (χ0n) is 17.5. The second-order valence-electron chi connectivity index (χ2n) is 7.69. The van der Waals surface area contributed by atoms with Gasteiger partial charge in [-0.3, -0.25) is 9.69 Å². The average Bonchev–Trinajstić information content (AvgIpc) is 3.23. The van der Waals surface area contributed by atoms with Gasteiger partial charge in [0.15, 0.2) is 5.82 Å². The van der Waals surface area contributed by atoms with Crippen molar-refractivity contribution in [2.45, 2.75) is 33.2 Å². The lowest BCUT2D eigenvalue weighted by molar-refractivity contribution is -0.130. The van der Waals surface area contributed by atoms with Gasteiger partial charge in [0.2, 0.25) is 5.91 Å². The monoisotopic (exact) mass is 445 g/mol. The molecule has 0 atom stereocenters. The molecular formula is C21H24ClN5O4. The molecule has 1 N–H and O–H groups in total. The summed E-state index contributed by atoms with van der Waals surface area (Å²) in [5.41, 5.74) is 2.24. The Balaban J connectivity index is 1.34. The van der Waals surface area contributed by atoms with Crippen LogP contribution in [0.2, 0.25) is 5.02 Å². The largest absolute Gasteiger partial charge is 0.506 e. The van der Waals surface area contributed by atoms with Gasteiger partial charge in [0.05, 0.1) is 23.7 Å². The minimum atomic E-state index is 0.0160. The third-order valence-electron chi connectivity index (χ3n) is 5.39. The van der Waals surface area contributed by atoms with Crippen LogP contribution in [0.3, 0.4) is 0 Å². The molecule has 0 unspecified atom stereocenters. The zero-order chi connectivity index (χ0) is 22.0. The van der Waals surface area contributed by atoms with E-state index in [1.165, 1.54) is 6.07 Å². The van der Waals surface area contributed by atoms with Crippen molar-refractivity contribution >= 4 is 17.5 Å². The fourth-order valence-corrected chi connectivity index (χ4v) is 3.94. The van der Waals surface area contributed by atoms with Crippen LogP contribution in [0.25, 0.3) is 11.5 Å². The van der Waals surface area contributed by atoms with Crippen LogP contribution in [-0.4, -0.2) is 62.3 Å². The Morgan fingerprint density at radius 2 is 2.00 bits per heavy atom. The van der Waals surface area contributed by atoms with Gasteiger partial charge < -0.3 is 19.1 Å². The number of carbonyl (C=O) groups is 1. The van der Waals surface area contributed by atoms with E-state index in [0.717, 1.165) is 30.6 Å². The summed E-state index contributed by atoms with van der Waals surface area (Å²) in [6.07, 6.45) is 1.11. The van der Waals surface area contributed by atoms with Crippen LogP contribution >= 0.6 is 11.6 Å². The Morgan fingerprint density at radius 1 is 1.16 bits per heavy atom. The highest BCUT2D eigenvalue weighted by Gasteiger charge is 2.22. The Kier molecular flexibility index (Phi) is 6.24. The Morgan fingerprint density at radius 3 is 2.74 bits per heavy atom. The normalized spacial score (nSPS) is 15.3. The molecule has 0 bridgehead atoms. The zero-order valence-corrected chi connectivity index (χ0v) is 18.2. The standard InChI is InChI=1S/C21H24ClN5O4/c1-13-20(14(2)30-24-13)21-23-18(25-31-21)12-26-6-3-7-27(9-8-26)19(29)11-15-4-5-17(28)16(22)10-15/h4-5,10,28H,3,6-9,11-12H2,1-2H3. The van der Waals surface area contributed by atoms with Crippen molar-refractivity contribution in [3.8, 4) is 17.2 Å². The number of aromatic hydroxyl groups is 1. The minimum absolute atomic E-state index is 0.0160. The Labute approximate surface area is 184 Å². The summed E-state index contributed by atoms with van der Waals surface area (Å²) in [5, 5.41) is 17.8. The molecule has 10 heteroatoms. The second kappa shape index (κ2) is 9.07. The minimum Gasteiger partial charge on any atom is -0.506 e. The number of halogens is 1. The maximum Gasteiger partial charge on any atom is 0.263 e. The lowest BCUT2D eigenvalue weighted by atomic mass is 10.1. The molecule has 1 saturated heterocycles. The van der Waals surface area contributed by atoms with Crippen LogP contribution in [0.4, 0.5) is 0 Å². The predicted molar refractivity (Wildman–Crippen MR) is 113 cm³/mol. The van der Waals surface area contributed by atoms with E-state index in [0.29, 0.717) is 42.8 Å². The third kappa shape index (κ3) is 4.88. The van der Waals surface area contributed by atoms with Crippen LogP contribution in [0, 0.1) is 13.8 Å². The first-order valence-corrected chi connectivity index (χ1v) is 10.5. The average molecular weight is 446 g/mol. The van der Waals surface area contributed by atoms with Crippen LogP contribution in [0.5, 0.6) is 5.75 Å². The summed E-state index contributed by atoms with van der Waals surface area (Å²) in [6, 6.07) is 4.86. The van der Waals surface area contributed by atoms with Crippen LogP contribution in [0.15, 0.2) is 27.2 Å². The van der Waals surface area contributed by atoms with E-state index in [1.807, 2.05) is 18.7 Å². The van der Waals surface area contributed by atoms with E-state index in [2.05, 4.69) is 20.2 Å². The van der Waals surface area contributed by atoms with Crippen molar-refractivity contribution in [1.82, 2.24) is 25.1 Å². The molecular weight excluding hydrogens is 422 g/mol. The lowest BCUT2D eigenvalue weighted by Gasteiger charge is -2.21. The van der Waals surface area contributed by atoms with E-state index < -0.39 is 0 Å². The number of aryl methyl sites for hydroxylation is 2. The van der Waals surface area contributed by atoms with E-state index in [-0.39, 0.29) is 23.1 Å². The SMILES string of the molecule is Cc1noc(C)c1-c1nc(CN2CCCN(C(=O)Cc3ccc(O)c(Cl)c3)CC2)no1. The molecule has 0 radical (unpaired) electrons. The fraction of sp³-hybridized carbons (Fsp3) is 0.429. The summed E-state index contributed by atoms with van der Waals surface area (Å²) in [5.74, 6) is 1.71. The number of hydrogen-bond acceptors (Lipinski definition) is 8. The van der Waals surface area contributed by atoms with Crippen molar-refractivity contribution < 1.29 is 18.9 Å². The maximum absolute atomic E-state index is 12.7. The smallest absolute Gasteiger partial charge is 0.263 e. The number of benzene rings is 1. The Hall–Kier alpha value is -2.91. The molecule has 164 valence electrons. The first-order valence-electron chi connectivity index (χ1n) is 10.1. The Bertz CT molecular complexity index is 1060. The summed E-state index contributed by atoms with van der Waals surface area (Å²) >= 11 is 5.95. The summed E-state index contributed by atoms with van der Waals surface area (Å²) in [6.45, 7) is 7.06. The molecule has 0 spiro atoms. The second-order valence-corrected chi connectivity index (χ2v) is 8.10. The summed E-state index contributed by atoms with van der Waals surface area (Å²) < 4.78 is 10.6. The van der Waals surface area contributed by atoms with Gasteiger partial charge in [-0.1, -0.05) is 28.0 Å². The van der Waals surface area contributed by atoms with Gasteiger partial charge in [0.1, 0.15) is 17.1 Å². The highest BCUT2D eigenvalue weighted by atomic mass is 35.5. The molecule has 9 nitrogen and oxygen atoms in total. The number of aromatic nitrogens is 3. The quantitative estimate of drug-likeness (QED) is 0.638. The molecule has 0 aliphatic carbocycles. The van der Waals surface area contributed by atoms with Gasteiger partial charge in [-0.15, -0.1) is 0 Å². The number of hydrogen-bond donors (Lipinski definition) is 1. The van der Waals surface area contributed by atoms with Gasteiger partial charge in [0, 0.05) is 26.2 Å². The topological polar surface area (TPSA) is 109 Å². The van der Waals surface area contributed by atoms with Crippen molar-refractivity contribution in [2.24, 2.45) is 0 Å². The summed E-state index contributed by atoms with van der Waals surface area (Å²) in [4.78, 5) is 21.3.